The highest BCUT2D eigenvalue weighted by atomic mass is 16.3. The highest BCUT2D eigenvalue weighted by molar-refractivity contribution is 5.54. The fraction of sp³-hybridized carbons (Fsp3) is 0.600. The lowest BCUT2D eigenvalue weighted by Gasteiger charge is -2.49. The summed E-state index contributed by atoms with van der Waals surface area (Å²) in [7, 11) is 0. The maximum atomic E-state index is 10.5. The Labute approximate surface area is 129 Å². The Hall–Kier alpha value is -1.24. The molecule has 1 heteroatoms. The van der Waals surface area contributed by atoms with Gasteiger partial charge in [0.15, 0.2) is 0 Å². The lowest BCUT2D eigenvalue weighted by molar-refractivity contribution is 0.253. The molecule has 3 rings (SSSR count). The van der Waals surface area contributed by atoms with Crippen LogP contribution in [-0.4, -0.2) is 5.11 Å². The number of phenolic OH excluding ortho intramolecular Hbond substituents is 1. The molecule has 2 aliphatic rings. The van der Waals surface area contributed by atoms with E-state index in [0.29, 0.717) is 11.7 Å². The van der Waals surface area contributed by atoms with Crippen molar-refractivity contribution in [1.29, 1.82) is 0 Å². The van der Waals surface area contributed by atoms with Gasteiger partial charge < -0.3 is 5.11 Å². The molecule has 1 atom stereocenters. The van der Waals surface area contributed by atoms with E-state index in [-0.39, 0.29) is 10.8 Å². The van der Waals surface area contributed by atoms with E-state index < -0.39 is 0 Å². The van der Waals surface area contributed by atoms with Gasteiger partial charge in [-0.1, -0.05) is 58.8 Å². The van der Waals surface area contributed by atoms with Crippen LogP contribution in [0.1, 0.15) is 76.5 Å². The molecule has 1 aromatic carbocycles. The molecule has 1 saturated carbocycles. The Morgan fingerprint density at radius 1 is 1.10 bits per heavy atom. The van der Waals surface area contributed by atoms with Crippen molar-refractivity contribution < 1.29 is 5.11 Å². The molecule has 0 amide bonds. The lowest BCUT2D eigenvalue weighted by Crippen LogP contribution is -2.40. The molecule has 1 fully saturated rings. The Balaban J connectivity index is 2.16. The minimum absolute atomic E-state index is 0.113. The van der Waals surface area contributed by atoms with Crippen molar-refractivity contribution in [3.63, 3.8) is 0 Å². The quantitative estimate of drug-likeness (QED) is 0.678. The van der Waals surface area contributed by atoms with E-state index >= 15 is 0 Å². The van der Waals surface area contributed by atoms with Gasteiger partial charge in [0.25, 0.3) is 0 Å². The van der Waals surface area contributed by atoms with Gasteiger partial charge in [-0.3, -0.25) is 0 Å². The summed E-state index contributed by atoms with van der Waals surface area (Å²) in [5, 5.41) is 10.5. The second kappa shape index (κ2) is 4.63. The molecular formula is C20H28O. The number of hydrogen-bond acceptors (Lipinski definition) is 1. The fourth-order valence-electron chi connectivity index (χ4n) is 4.69. The molecule has 1 N–H and O–H groups in total. The van der Waals surface area contributed by atoms with Crippen LogP contribution >= 0.6 is 0 Å². The number of benzene rings is 1. The van der Waals surface area contributed by atoms with Gasteiger partial charge in [-0.05, 0) is 53.4 Å². The smallest absolute Gasteiger partial charge is 0.119 e. The standard InChI is InChI=1S/C20H28O/c1-13(2)15-11-14-7-8-18-19(3,4)9-6-10-20(18,5)16(14)12-17(15)21/h8,11-13,21H,6-7,9-10H2,1-5H3/t20-/m1/s1. The van der Waals surface area contributed by atoms with Crippen LogP contribution < -0.4 is 0 Å². The fourth-order valence-corrected chi connectivity index (χ4v) is 4.69. The maximum Gasteiger partial charge on any atom is 0.119 e. The molecule has 0 bridgehead atoms. The van der Waals surface area contributed by atoms with Gasteiger partial charge in [0.05, 0.1) is 0 Å². The van der Waals surface area contributed by atoms with Crippen LogP contribution in [0.15, 0.2) is 23.8 Å². The average Bonchev–Trinajstić information content (AvgIpc) is 2.37. The first-order chi connectivity index (χ1) is 9.75. The first-order valence-electron chi connectivity index (χ1n) is 8.33. The topological polar surface area (TPSA) is 20.2 Å². The van der Waals surface area contributed by atoms with Crippen LogP contribution in [0.3, 0.4) is 0 Å². The SMILES string of the molecule is CC(C)c1cc2c(cc1O)[C@@]1(C)CCCC(C)(C)C1=CC2. The van der Waals surface area contributed by atoms with Gasteiger partial charge in [0.1, 0.15) is 5.75 Å². The summed E-state index contributed by atoms with van der Waals surface area (Å²) in [6.45, 7) is 11.4. The van der Waals surface area contributed by atoms with E-state index in [9.17, 15) is 5.11 Å². The molecule has 0 radical (unpaired) electrons. The van der Waals surface area contributed by atoms with Crippen LogP contribution in [0.5, 0.6) is 5.75 Å². The molecule has 1 nitrogen and oxygen atoms in total. The third-order valence-electron chi connectivity index (χ3n) is 5.80. The number of fused-ring (bicyclic) bond motifs is 3. The summed E-state index contributed by atoms with van der Waals surface area (Å²) in [5.41, 5.74) is 5.86. The first-order valence-corrected chi connectivity index (χ1v) is 8.33. The zero-order valence-corrected chi connectivity index (χ0v) is 14.1. The molecule has 114 valence electrons. The van der Waals surface area contributed by atoms with Gasteiger partial charge in [-0.2, -0.15) is 0 Å². The third-order valence-corrected chi connectivity index (χ3v) is 5.80. The van der Waals surface area contributed by atoms with E-state index in [2.05, 4.69) is 52.8 Å². The number of phenols is 1. The van der Waals surface area contributed by atoms with Crippen LogP contribution in [0, 0.1) is 5.41 Å². The minimum Gasteiger partial charge on any atom is -0.508 e. The average molecular weight is 284 g/mol. The van der Waals surface area contributed by atoms with Crippen molar-refractivity contribution in [2.24, 2.45) is 5.41 Å². The number of hydrogen-bond donors (Lipinski definition) is 1. The normalized spacial score (nSPS) is 27.0. The third kappa shape index (κ3) is 2.13. The van der Waals surface area contributed by atoms with Gasteiger partial charge in [-0.15, -0.1) is 0 Å². The van der Waals surface area contributed by atoms with Gasteiger partial charge in [0, 0.05) is 5.41 Å². The van der Waals surface area contributed by atoms with Crippen molar-refractivity contribution in [3.05, 3.63) is 40.5 Å². The largest absolute Gasteiger partial charge is 0.508 e. The molecule has 0 saturated heterocycles. The molecule has 1 aromatic rings. The highest BCUT2D eigenvalue weighted by Crippen LogP contribution is 2.55. The lowest BCUT2D eigenvalue weighted by atomic mass is 9.55. The van der Waals surface area contributed by atoms with Crippen molar-refractivity contribution >= 4 is 0 Å². The van der Waals surface area contributed by atoms with Crippen molar-refractivity contribution in [3.8, 4) is 5.75 Å². The summed E-state index contributed by atoms with van der Waals surface area (Å²) in [6, 6.07) is 4.31. The van der Waals surface area contributed by atoms with Crippen molar-refractivity contribution in [1.82, 2.24) is 0 Å². The molecule has 0 aromatic heterocycles. The molecule has 0 spiro atoms. The van der Waals surface area contributed by atoms with Crippen LogP contribution in [0.4, 0.5) is 0 Å². The van der Waals surface area contributed by atoms with Gasteiger partial charge in [0.2, 0.25) is 0 Å². The summed E-state index contributed by atoms with van der Waals surface area (Å²) in [6.07, 6.45) is 7.24. The van der Waals surface area contributed by atoms with E-state index in [0.717, 1.165) is 12.0 Å². The summed E-state index contributed by atoms with van der Waals surface area (Å²) in [4.78, 5) is 0. The van der Waals surface area contributed by atoms with Gasteiger partial charge in [-0.25, -0.2) is 0 Å². The Morgan fingerprint density at radius 3 is 2.48 bits per heavy atom. The zero-order chi connectivity index (χ0) is 15.4. The zero-order valence-electron chi connectivity index (χ0n) is 14.1. The van der Waals surface area contributed by atoms with Crippen LogP contribution in [-0.2, 0) is 11.8 Å². The van der Waals surface area contributed by atoms with E-state index in [1.165, 1.54) is 30.4 Å². The number of aromatic hydroxyl groups is 1. The molecule has 0 heterocycles. The number of rotatable bonds is 1. The molecule has 2 aliphatic carbocycles. The monoisotopic (exact) mass is 284 g/mol. The van der Waals surface area contributed by atoms with Crippen molar-refractivity contribution in [2.45, 2.75) is 71.6 Å². The van der Waals surface area contributed by atoms with E-state index in [1.54, 1.807) is 5.57 Å². The predicted octanol–water partition coefficient (Wildman–Crippen LogP) is 5.47. The Bertz CT molecular complexity index is 607. The second-order valence-corrected chi connectivity index (χ2v) is 8.11. The molecule has 0 aliphatic heterocycles. The minimum atomic E-state index is 0.113. The maximum absolute atomic E-state index is 10.5. The molecule has 0 unspecified atom stereocenters. The van der Waals surface area contributed by atoms with Gasteiger partial charge >= 0.3 is 0 Å². The summed E-state index contributed by atoms with van der Waals surface area (Å²) < 4.78 is 0. The van der Waals surface area contributed by atoms with Crippen LogP contribution in [0.2, 0.25) is 0 Å². The van der Waals surface area contributed by atoms with Crippen molar-refractivity contribution in [2.75, 3.05) is 0 Å². The van der Waals surface area contributed by atoms with E-state index in [1.807, 2.05) is 0 Å². The number of allylic oxidation sites excluding steroid dienone is 2. The molecular weight excluding hydrogens is 256 g/mol. The summed E-state index contributed by atoms with van der Waals surface area (Å²) in [5.74, 6) is 0.853. The predicted molar refractivity (Wildman–Crippen MR) is 89.0 cm³/mol. The first kappa shape index (κ1) is 14.7. The Kier molecular flexibility index (Phi) is 3.24. The highest BCUT2D eigenvalue weighted by Gasteiger charge is 2.45. The Morgan fingerprint density at radius 2 is 1.81 bits per heavy atom. The summed E-state index contributed by atoms with van der Waals surface area (Å²) >= 11 is 0. The molecule has 21 heavy (non-hydrogen) atoms. The van der Waals surface area contributed by atoms with Crippen LogP contribution in [0.25, 0.3) is 0 Å². The van der Waals surface area contributed by atoms with E-state index in [4.69, 9.17) is 0 Å². The second-order valence-electron chi connectivity index (χ2n) is 8.11.